The van der Waals surface area contributed by atoms with E-state index < -0.39 is 10.0 Å². The molecule has 0 aromatic heterocycles. The first-order valence-electron chi connectivity index (χ1n) is 9.29. The lowest BCUT2D eigenvalue weighted by atomic mass is 10.2. The Labute approximate surface area is 177 Å². The number of hydrogen-bond acceptors (Lipinski definition) is 5. The first-order chi connectivity index (χ1) is 13.8. The second-order valence-corrected chi connectivity index (χ2v) is 9.46. The number of sulfonamides is 1. The number of piperazine rings is 1. The molecule has 156 valence electrons. The maximum Gasteiger partial charge on any atom is 0.242 e. The Balaban J connectivity index is 1.60. The van der Waals surface area contributed by atoms with Crippen molar-refractivity contribution in [1.29, 1.82) is 0 Å². The van der Waals surface area contributed by atoms with Crippen molar-refractivity contribution in [3.63, 3.8) is 0 Å². The minimum Gasteiger partial charge on any atom is -0.497 e. The molecule has 1 fully saturated rings. The molecule has 2 aromatic carbocycles. The van der Waals surface area contributed by atoms with Gasteiger partial charge >= 0.3 is 0 Å². The SMILES string of the molecule is COc1ccc(N2CCN(C(=S)Nc3cccc(S(=O)(=O)N(C)C)c3)CC2)cc1. The van der Waals surface area contributed by atoms with Crippen LogP contribution in [0.1, 0.15) is 0 Å². The van der Waals surface area contributed by atoms with Gasteiger partial charge in [0.1, 0.15) is 5.75 Å². The summed E-state index contributed by atoms with van der Waals surface area (Å²) in [5.41, 5.74) is 1.82. The fraction of sp³-hybridized carbons (Fsp3) is 0.350. The van der Waals surface area contributed by atoms with Gasteiger partial charge in [-0.25, -0.2) is 12.7 Å². The fourth-order valence-corrected chi connectivity index (χ4v) is 4.36. The predicted molar refractivity (Wildman–Crippen MR) is 120 cm³/mol. The van der Waals surface area contributed by atoms with Crippen molar-refractivity contribution >= 4 is 38.7 Å². The van der Waals surface area contributed by atoms with Crippen LogP contribution in [0.4, 0.5) is 11.4 Å². The zero-order chi connectivity index (χ0) is 21.0. The van der Waals surface area contributed by atoms with Gasteiger partial charge in [-0.3, -0.25) is 0 Å². The maximum atomic E-state index is 12.3. The molecule has 29 heavy (non-hydrogen) atoms. The highest BCUT2D eigenvalue weighted by atomic mass is 32.2. The highest BCUT2D eigenvalue weighted by molar-refractivity contribution is 7.89. The summed E-state index contributed by atoms with van der Waals surface area (Å²) in [6.07, 6.45) is 0. The molecule has 2 aromatic rings. The van der Waals surface area contributed by atoms with Crippen molar-refractivity contribution < 1.29 is 13.2 Å². The van der Waals surface area contributed by atoms with Crippen LogP contribution in [0.3, 0.4) is 0 Å². The summed E-state index contributed by atoms with van der Waals surface area (Å²) in [5, 5.41) is 3.77. The molecule has 1 heterocycles. The van der Waals surface area contributed by atoms with Crippen molar-refractivity contribution in [2.75, 3.05) is 57.6 Å². The molecule has 9 heteroatoms. The van der Waals surface area contributed by atoms with Crippen molar-refractivity contribution in [3.8, 4) is 5.75 Å². The smallest absolute Gasteiger partial charge is 0.242 e. The topological polar surface area (TPSA) is 65.1 Å². The predicted octanol–water partition coefficient (Wildman–Crippen LogP) is 2.46. The standard InChI is InChI=1S/C20H26N4O3S2/c1-22(2)29(25,26)19-6-4-5-16(15-19)21-20(28)24-13-11-23(12-14-24)17-7-9-18(27-3)10-8-17/h4-10,15H,11-14H2,1-3H3,(H,21,28). The minimum absolute atomic E-state index is 0.236. The number of nitrogens with one attached hydrogen (secondary N) is 1. The van der Waals surface area contributed by atoms with Gasteiger partial charge in [-0.15, -0.1) is 0 Å². The van der Waals surface area contributed by atoms with Gasteiger partial charge in [0, 0.05) is 51.6 Å². The molecule has 1 saturated heterocycles. The lowest BCUT2D eigenvalue weighted by Crippen LogP contribution is -2.50. The number of hydrogen-bond donors (Lipinski definition) is 1. The average molecular weight is 435 g/mol. The highest BCUT2D eigenvalue weighted by Crippen LogP contribution is 2.22. The van der Waals surface area contributed by atoms with E-state index in [1.165, 1.54) is 18.4 Å². The Bertz CT molecular complexity index is 954. The molecule has 0 atom stereocenters. The zero-order valence-corrected chi connectivity index (χ0v) is 18.5. The molecule has 1 N–H and O–H groups in total. The average Bonchev–Trinajstić information content (AvgIpc) is 2.74. The molecule has 1 aliphatic heterocycles. The number of benzene rings is 2. The van der Waals surface area contributed by atoms with Crippen LogP contribution in [-0.2, 0) is 10.0 Å². The molecule has 0 saturated carbocycles. The summed E-state index contributed by atoms with van der Waals surface area (Å²) in [4.78, 5) is 4.64. The van der Waals surface area contributed by atoms with E-state index in [4.69, 9.17) is 17.0 Å². The van der Waals surface area contributed by atoms with Crippen LogP contribution in [0.15, 0.2) is 53.4 Å². The van der Waals surface area contributed by atoms with Gasteiger partial charge in [0.25, 0.3) is 0 Å². The summed E-state index contributed by atoms with van der Waals surface area (Å²) in [7, 11) is 1.21. The normalized spacial score (nSPS) is 14.8. The van der Waals surface area contributed by atoms with Crippen LogP contribution in [0, 0.1) is 0 Å². The van der Waals surface area contributed by atoms with E-state index in [0.717, 1.165) is 37.6 Å². The summed E-state index contributed by atoms with van der Waals surface area (Å²) in [6.45, 7) is 3.27. The number of ether oxygens (including phenoxy) is 1. The van der Waals surface area contributed by atoms with E-state index in [-0.39, 0.29) is 4.90 Å². The first-order valence-corrected chi connectivity index (χ1v) is 11.1. The molecule has 7 nitrogen and oxygen atoms in total. The lowest BCUT2D eigenvalue weighted by molar-refractivity contribution is 0.390. The number of nitrogens with zero attached hydrogens (tertiary/aromatic N) is 3. The van der Waals surface area contributed by atoms with E-state index >= 15 is 0 Å². The molecule has 0 amide bonds. The molecular formula is C20H26N4O3S2. The molecule has 0 spiro atoms. The molecule has 3 rings (SSSR count). The number of methoxy groups -OCH3 is 1. The largest absolute Gasteiger partial charge is 0.497 e. The quantitative estimate of drug-likeness (QED) is 0.725. The van der Waals surface area contributed by atoms with Crippen LogP contribution in [-0.4, -0.2) is 70.1 Å². The van der Waals surface area contributed by atoms with E-state index in [1.807, 2.05) is 18.2 Å². The number of thiocarbonyl (C=S) groups is 1. The summed E-state index contributed by atoms with van der Waals surface area (Å²) in [5.74, 6) is 0.844. The van der Waals surface area contributed by atoms with Gasteiger partial charge in [-0.2, -0.15) is 0 Å². The van der Waals surface area contributed by atoms with Crippen LogP contribution < -0.4 is 15.0 Å². The lowest BCUT2D eigenvalue weighted by Gasteiger charge is -2.37. The van der Waals surface area contributed by atoms with Crippen LogP contribution >= 0.6 is 12.2 Å². The van der Waals surface area contributed by atoms with E-state index in [2.05, 4.69) is 27.2 Å². The van der Waals surface area contributed by atoms with E-state index in [0.29, 0.717) is 10.8 Å². The Kier molecular flexibility index (Phi) is 6.61. The second kappa shape index (κ2) is 8.98. The second-order valence-electron chi connectivity index (χ2n) is 6.92. The molecule has 1 aliphatic rings. The van der Waals surface area contributed by atoms with Gasteiger partial charge in [0.15, 0.2) is 5.11 Å². The van der Waals surface area contributed by atoms with Crippen LogP contribution in [0.25, 0.3) is 0 Å². The third kappa shape index (κ3) is 4.98. The zero-order valence-electron chi connectivity index (χ0n) is 16.8. The Morgan fingerprint density at radius 3 is 2.31 bits per heavy atom. The molecular weight excluding hydrogens is 408 g/mol. The van der Waals surface area contributed by atoms with Gasteiger partial charge < -0.3 is 19.9 Å². The number of rotatable bonds is 5. The van der Waals surface area contributed by atoms with Crippen LogP contribution in [0.5, 0.6) is 5.75 Å². The van der Waals surface area contributed by atoms with Crippen LogP contribution in [0.2, 0.25) is 0 Å². The van der Waals surface area contributed by atoms with Gasteiger partial charge in [-0.1, -0.05) is 6.07 Å². The molecule has 0 unspecified atom stereocenters. The third-order valence-electron chi connectivity index (χ3n) is 4.87. The van der Waals surface area contributed by atoms with Crippen molar-refractivity contribution in [1.82, 2.24) is 9.21 Å². The number of anilines is 2. The first kappa shape index (κ1) is 21.4. The molecule has 0 aliphatic carbocycles. The maximum absolute atomic E-state index is 12.3. The summed E-state index contributed by atoms with van der Waals surface area (Å²) >= 11 is 5.55. The van der Waals surface area contributed by atoms with E-state index in [1.54, 1.807) is 25.3 Å². The van der Waals surface area contributed by atoms with Gasteiger partial charge in [0.05, 0.1) is 12.0 Å². The summed E-state index contributed by atoms with van der Waals surface area (Å²) in [6, 6.07) is 14.7. The van der Waals surface area contributed by atoms with Gasteiger partial charge in [-0.05, 0) is 54.7 Å². The Hall–Kier alpha value is -2.36. The molecule has 0 radical (unpaired) electrons. The fourth-order valence-electron chi connectivity index (χ4n) is 3.11. The van der Waals surface area contributed by atoms with Gasteiger partial charge in [0.2, 0.25) is 10.0 Å². The van der Waals surface area contributed by atoms with Crippen molar-refractivity contribution in [2.45, 2.75) is 4.90 Å². The molecule has 0 bridgehead atoms. The monoisotopic (exact) mass is 434 g/mol. The summed E-state index contributed by atoms with van der Waals surface area (Å²) < 4.78 is 31.1. The minimum atomic E-state index is -3.48. The highest BCUT2D eigenvalue weighted by Gasteiger charge is 2.21. The van der Waals surface area contributed by atoms with E-state index in [9.17, 15) is 8.42 Å². The Morgan fingerprint density at radius 2 is 1.72 bits per heavy atom. The third-order valence-corrected chi connectivity index (χ3v) is 7.04. The van der Waals surface area contributed by atoms with Crippen molar-refractivity contribution in [2.24, 2.45) is 0 Å². The van der Waals surface area contributed by atoms with Crippen molar-refractivity contribution in [3.05, 3.63) is 48.5 Å². The Morgan fingerprint density at radius 1 is 1.07 bits per heavy atom.